The van der Waals surface area contributed by atoms with Crippen LogP contribution in [0.1, 0.15) is 0 Å². The Morgan fingerprint density at radius 1 is 0.263 bits per heavy atom. The molecule has 2 heterocycles. The highest BCUT2D eigenvalue weighted by atomic mass is 32.1. The molecule has 3 nitrogen and oxygen atoms in total. The Hall–Kier alpha value is -7.27. The van der Waals surface area contributed by atoms with Gasteiger partial charge in [0.25, 0.3) is 0 Å². The molecule has 4 heteroatoms. The average molecular weight is 744 g/mol. The summed E-state index contributed by atoms with van der Waals surface area (Å²) in [6, 6.07) is 71.1. The van der Waals surface area contributed by atoms with Gasteiger partial charge in [0, 0.05) is 36.9 Å². The molecule has 0 saturated heterocycles. The van der Waals surface area contributed by atoms with Crippen molar-refractivity contribution in [1.82, 2.24) is 15.0 Å². The molecule has 0 atom stereocenters. The molecule has 0 radical (unpaired) electrons. The van der Waals surface area contributed by atoms with Gasteiger partial charge >= 0.3 is 0 Å². The topological polar surface area (TPSA) is 38.7 Å². The molecule has 0 bridgehead atoms. The van der Waals surface area contributed by atoms with Crippen molar-refractivity contribution in [2.24, 2.45) is 0 Å². The van der Waals surface area contributed by atoms with Crippen molar-refractivity contribution in [2.75, 3.05) is 0 Å². The molecule has 0 aliphatic rings. The number of thiophene rings is 1. The van der Waals surface area contributed by atoms with Crippen LogP contribution in [0, 0.1) is 0 Å². The Bertz CT molecular complexity index is 3280. The van der Waals surface area contributed by atoms with E-state index in [2.05, 4.69) is 194 Å². The van der Waals surface area contributed by atoms with Crippen molar-refractivity contribution < 1.29 is 0 Å². The highest BCUT2D eigenvalue weighted by Gasteiger charge is 2.17. The Morgan fingerprint density at radius 2 is 0.737 bits per heavy atom. The summed E-state index contributed by atoms with van der Waals surface area (Å²) in [5, 5.41) is 7.17. The zero-order valence-electron chi connectivity index (χ0n) is 30.8. The van der Waals surface area contributed by atoms with E-state index in [0.717, 1.165) is 38.4 Å². The second-order valence-electron chi connectivity index (χ2n) is 14.4. The standard InChI is InChI=1S/C53H33N3S/c1-3-11-34(12-4-1)35-19-21-37(22-20-35)51-54-52(56-53(55-51)47-29-28-43(36-13-5-2-6-14-36)44-15-7-8-16-45(44)47)42-26-25-38-31-39(23-24-40(38)32-42)41-27-30-50-48(33-41)46-17-9-10-18-49(46)57-50/h1-33H. The monoisotopic (exact) mass is 743 g/mol. The molecule has 266 valence electrons. The summed E-state index contributed by atoms with van der Waals surface area (Å²) in [7, 11) is 0. The minimum atomic E-state index is 0.637. The van der Waals surface area contributed by atoms with Gasteiger partial charge < -0.3 is 0 Å². The smallest absolute Gasteiger partial charge is 0.164 e. The van der Waals surface area contributed by atoms with Gasteiger partial charge in [-0.3, -0.25) is 0 Å². The van der Waals surface area contributed by atoms with E-state index in [1.807, 2.05) is 17.4 Å². The molecule has 0 saturated carbocycles. The normalized spacial score (nSPS) is 11.5. The van der Waals surface area contributed by atoms with E-state index in [1.54, 1.807) is 0 Å². The lowest BCUT2D eigenvalue weighted by Gasteiger charge is -2.13. The summed E-state index contributed by atoms with van der Waals surface area (Å²) >= 11 is 1.85. The average Bonchev–Trinajstić information content (AvgIpc) is 3.67. The van der Waals surface area contributed by atoms with Crippen LogP contribution in [0.2, 0.25) is 0 Å². The van der Waals surface area contributed by atoms with Gasteiger partial charge in [0.1, 0.15) is 0 Å². The van der Waals surface area contributed by atoms with Gasteiger partial charge in [0.05, 0.1) is 0 Å². The number of aromatic nitrogens is 3. The van der Waals surface area contributed by atoms with E-state index in [4.69, 9.17) is 15.0 Å². The van der Waals surface area contributed by atoms with Crippen LogP contribution in [0.5, 0.6) is 0 Å². The van der Waals surface area contributed by atoms with E-state index >= 15 is 0 Å². The lowest BCUT2D eigenvalue weighted by molar-refractivity contribution is 1.08. The third-order valence-corrected chi connectivity index (χ3v) is 12.1. The molecule has 9 aromatic carbocycles. The fourth-order valence-corrected chi connectivity index (χ4v) is 9.12. The molecule has 11 rings (SSSR count). The van der Waals surface area contributed by atoms with E-state index < -0.39 is 0 Å². The van der Waals surface area contributed by atoms with Crippen LogP contribution in [0.4, 0.5) is 0 Å². The molecule has 0 N–H and O–H groups in total. The third-order valence-electron chi connectivity index (χ3n) is 10.9. The maximum atomic E-state index is 5.22. The Balaban J connectivity index is 1.03. The lowest BCUT2D eigenvalue weighted by atomic mass is 9.94. The van der Waals surface area contributed by atoms with Crippen LogP contribution in [-0.4, -0.2) is 15.0 Å². The second-order valence-corrected chi connectivity index (χ2v) is 15.5. The van der Waals surface area contributed by atoms with Crippen LogP contribution in [-0.2, 0) is 0 Å². The largest absolute Gasteiger partial charge is 0.208 e. The van der Waals surface area contributed by atoms with Crippen LogP contribution >= 0.6 is 11.3 Å². The molecule has 57 heavy (non-hydrogen) atoms. The molecule has 0 amide bonds. The van der Waals surface area contributed by atoms with Crippen LogP contribution in [0.15, 0.2) is 200 Å². The number of hydrogen-bond acceptors (Lipinski definition) is 4. The highest BCUT2D eigenvalue weighted by molar-refractivity contribution is 7.25. The minimum Gasteiger partial charge on any atom is -0.208 e. The predicted molar refractivity (Wildman–Crippen MR) is 240 cm³/mol. The number of fused-ring (bicyclic) bond motifs is 5. The molecule has 0 aliphatic carbocycles. The van der Waals surface area contributed by atoms with Gasteiger partial charge in [0.2, 0.25) is 0 Å². The Morgan fingerprint density at radius 3 is 1.49 bits per heavy atom. The molecule has 0 spiro atoms. The van der Waals surface area contributed by atoms with Crippen molar-refractivity contribution in [3.8, 4) is 67.5 Å². The number of benzene rings is 9. The number of hydrogen-bond donors (Lipinski definition) is 0. The zero-order valence-corrected chi connectivity index (χ0v) is 31.6. The van der Waals surface area contributed by atoms with Crippen molar-refractivity contribution in [3.63, 3.8) is 0 Å². The van der Waals surface area contributed by atoms with Crippen molar-refractivity contribution in [2.45, 2.75) is 0 Å². The quantitative estimate of drug-likeness (QED) is 0.170. The summed E-state index contributed by atoms with van der Waals surface area (Å²) in [5.41, 5.74) is 9.93. The summed E-state index contributed by atoms with van der Waals surface area (Å²) in [6.07, 6.45) is 0. The molecular weight excluding hydrogens is 711 g/mol. The molecule has 2 aromatic heterocycles. The molecule has 11 aromatic rings. The summed E-state index contributed by atoms with van der Waals surface area (Å²) in [5.74, 6) is 1.92. The molecule has 0 aliphatic heterocycles. The van der Waals surface area contributed by atoms with E-state index in [1.165, 1.54) is 53.4 Å². The van der Waals surface area contributed by atoms with Gasteiger partial charge in [-0.1, -0.05) is 164 Å². The fourth-order valence-electron chi connectivity index (χ4n) is 8.03. The van der Waals surface area contributed by atoms with E-state index in [9.17, 15) is 0 Å². The summed E-state index contributed by atoms with van der Waals surface area (Å²) < 4.78 is 2.63. The SMILES string of the molecule is c1ccc(-c2ccc(-c3nc(-c4ccc5cc(-c6ccc7sc8ccccc8c7c6)ccc5c4)nc(-c4ccc(-c5ccccc5)c5ccccc45)n3)cc2)cc1. The van der Waals surface area contributed by atoms with Crippen LogP contribution in [0.3, 0.4) is 0 Å². The highest BCUT2D eigenvalue weighted by Crippen LogP contribution is 2.39. The number of nitrogens with zero attached hydrogens (tertiary/aromatic N) is 3. The van der Waals surface area contributed by atoms with E-state index in [-0.39, 0.29) is 0 Å². The molecule has 0 unspecified atom stereocenters. The zero-order chi connectivity index (χ0) is 37.7. The van der Waals surface area contributed by atoms with Gasteiger partial charge in [-0.2, -0.15) is 0 Å². The van der Waals surface area contributed by atoms with E-state index in [0.29, 0.717) is 17.5 Å². The first-order chi connectivity index (χ1) is 28.2. The molecule has 0 fully saturated rings. The third kappa shape index (κ3) is 6.04. The lowest BCUT2D eigenvalue weighted by Crippen LogP contribution is -2.01. The van der Waals surface area contributed by atoms with Crippen LogP contribution in [0.25, 0.3) is 109 Å². The second kappa shape index (κ2) is 13.8. The maximum absolute atomic E-state index is 5.22. The first kappa shape index (κ1) is 33.1. The minimum absolute atomic E-state index is 0.637. The van der Waals surface area contributed by atoms with Crippen molar-refractivity contribution in [1.29, 1.82) is 0 Å². The van der Waals surface area contributed by atoms with Gasteiger partial charge in [-0.15, -0.1) is 11.3 Å². The summed E-state index contributed by atoms with van der Waals surface area (Å²) in [6.45, 7) is 0. The summed E-state index contributed by atoms with van der Waals surface area (Å²) in [4.78, 5) is 15.5. The van der Waals surface area contributed by atoms with Gasteiger partial charge in [-0.25, -0.2) is 15.0 Å². The van der Waals surface area contributed by atoms with Crippen molar-refractivity contribution >= 4 is 53.1 Å². The fraction of sp³-hybridized carbons (Fsp3) is 0. The Kier molecular flexibility index (Phi) is 8.01. The maximum Gasteiger partial charge on any atom is 0.164 e. The van der Waals surface area contributed by atoms with Crippen molar-refractivity contribution in [3.05, 3.63) is 200 Å². The first-order valence-corrected chi connectivity index (χ1v) is 20.0. The first-order valence-electron chi connectivity index (χ1n) is 19.2. The predicted octanol–water partition coefficient (Wildman–Crippen LogP) is 14.5. The Labute approximate surface area is 334 Å². The molecular formula is C53H33N3S. The van der Waals surface area contributed by atoms with Gasteiger partial charge in [0.15, 0.2) is 17.5 Å². The van der Waals surface area contributed by atoms with Crippen LogP contribution < -0.4 is 0 Å². The number of rotatable bonds is 6. The van der Waals surface area contributed by atoms with Gasteiger partial charge in [-0.05, 0) is 91.3 Å².